The summed E-state index contributed by atoms with van der Waals surface area (Å²) in [6.45, 7) is 2.01. The molecule has 0 radical (unpaired) electrons. The van der Waals surface area contributed by atoms with Crippen LogP contribution in [0.5, 0.6) is 0 Å². The van der Waals surface area contributed by atoms with Crippen molar-refractivity contribution in [2.45, 2.75) is 6.92 Å². The molecule has 1 nitrogen and oxygen atoms in total. The van der Waals surface area contributed by atoms with Gasteiger partial charge >= 0.3 is 0 Å². The van der Waals surface area contributed by atoms with E-state index in [-0.39, 0.29) is 24.0 Å². The van der Waals surface area contributed by atoms with Crippen molar-refractivity contribution in [3.63, 3.8) is 0 Å². The number of aryl methyl sites for hydroxylation is 1. The Morgan fingerprint density at radius 2 is 1.64 bits per heavy atom. The van der Waals surface area contributed by atoms with Crippen LogP contribution >= 0.6 is 46.6 Å². The molecule has 0 fully saturated rings. The molecular formula is C11H13I2N. The maximum Gasteiger partial charge on any atom is 0.0379 e. The van der Waals surface area contributed by atoms with Crippen molar-refractivity contribution >= 4 is 57.3 Å². The first kappa shape index (κ1) is 14.1. The summed E-state index contributed by atoms with van der Waals surface area (Å²) in [4.78, 5) is 6.18. The SMILES string of the molecule is CI.Cc1cc2ccccc2cn1.I. The highest BCUT2D eigenvalue weighted by Gasteiger charge is 1.90. The maximum absolute atomic E-state index is 4.21. The second kappa shape index (κ2) is 7.39. The van der Waals surface area contributed by atoms with Crippen LogP contribution in [-0.4, -0.2) is 9.91 Å². The van der Waals surface area contributed by atoms with E-state index in [1.807, 2.05) is 30.2 Å². The van der Waals surface area contributed by atoms with Gasteiger partial charge in [-0.2, -0.15) is 0 Å². The molecule has 0 N–H and O–H groups in total. The van der Waals surface area contributed by atoms with Crippen LogP contribution in [0.15, 0.2) is 36.5 Å². The number of benzene rings is 1. The number of alkyl halides is 1. The van der Waals surface area contributed by atoms with Crippen molar-refractivity contribution in [3.05, 3.63) is 42.2 Å². The molecule has 0 saturated heterocycles. The average Bonchev–Trinajstić information content (AvgIpc) is 2.21. The number of aromatic nitrogens is 1. The monoisotopic (exact) mass is 413 g/mol. The fraction of sp³-hybridized carbons (Fsp3) is 0.182. The van der Waals surface area contributed by atoms with Gasteiger partial charge in [0.15, 0.2) is 0 Å². The average molecular weight is 413 g/mol. The van der Waals surface area contributed by atoms with Gasteiger partial charge in [0.05, 0.1) is 0 Å². The Kier molecular flexibility index (Phi) is 7.44. The van der Waals surface area contributed by atoms with Crippen molar-refractivity contribution in [3.8, 4) is 0 Å². The molecule has 1 aromatic heterocycles. The van der Waals surface area contributed by atoms with Crippen LogP contribution in [0.3, 0.4) is 0 Å². The third-order valence-electron chi connectivity index (χ3n) is 1.77. The van der Waals surface area contributed by atoms with E-state index in [0.29, 0.717) is 0 Å². The maximum atomic E-state index is 4.21. The van der Waals surface area contributed by atoms with Crippen molar-refractivity contribution in [1.29, 1.82) is 0 Å². The quantitative estimate of drug-likeness (QED) is 0.466. The van der Waals surface area contributed by atoms with Gasteiger partial charge in [-0.15, -0.1) is 24.0 Å². The number of pyridine rings is 1. The van der Waals surface area contributed by atoms with E-state index in [1.165, 1.54) is 10.8 Å². The molecule has 0 aliphatic heterocycles. The van der Waals surface area contributed by atoms with Crippen LogP contribution in [0, 0.1) is 6.92 Å². The van der Waals surface area contributed by atoms with E-state index < -0.39 is 0 Å². The molecule has 2 rings (SSSR count). The molecule has 0 aliphatic carbocycles. The number of halogens is 2. The molecule has 76 valence electrons. The van der Waals surface area contributed by atoms with Gasteiger partial charge in [-0.3, -0.25) is 4.98 Å². The molecule has 0 spiro atoms. The largest absolute Gasteiger partial charge is 0.261 e. The van der Waals surface area contributed by atoms with Crippen molar-refractivity contribution in [2.24, 2.45) is 0 Å². The Morgan fingerprint density at radius 3 is 2.29 bits per heavy atom. The van der Waals surface area contributed by atoms with Gasteiger partial charge in [-0.1, -0.05) is 46.9 Å². The van der Waals surface area contributed by atoms with E-state index in [1.54, 1.807) is 0 Å². The molecule has 2 aromatic rings. The molecule has 0 unspecified atom stereocenters. The number of hydrogen-bond acceptors (Lipinski definition) is 1. The van der Waals surface area contributed by atoms with Crippen molar-refractivity contribution in [1.82, 2.24) is 4.98 Å². The third-order valence-corrected chi connectivity index (χ3v) is 1.77. The summed E-state index contributed by atoms with van der Waals surface area (Å²) >= 11 is 2.15. The third kappa shape index (κ3) is 3.68. The molecule has 1 heterocycles. The number of hydrogen-bond donors (Lipinski definition) is 0. The number of rotatable bonds is 0. The highest BCUT2D eigenvalue weighted by atomic mass is 127. The lowest BCUT2D eigenvalue weighted by atomic mass is 10.1. The first-order valence-electron chi connectivity index (χ1n) is 4.05. The van der Waals surface area contributed by atoms with Gasteiger partial charge < -0.3 is 0 Å². The second-order valence-corrected chi connectivity index (χ2v) is 2.67. The van der Waals surface area contributed by atoms with Crippen LogP contribution in [0.1, 0.15) is 5.69 Å². The van der Waals surface area contributed by atoms with Gasteiger partial charge in [0.1, 0.15) is 0 Å². The summed E-state index contributed by atoms with van der Waals surface area (Å²) in [6, 6.07) is 10.3. The van der Waals surface area contributed by atoms with Gasteiger partial charge in [0, 0.05) is 17.3 Å². The van der Waals surface area contributed by atoms with Crippen LogP contribution < -0.4 is 0 Å². The predicted molar refractivity (Wildman–Crippen MR) is 81.8 cm³/mol. The van der Waals surface area contributed by atoms with E-state index in [4.69, 9.17) is 0 Å². The zero-order chi connectivity index (χ0) is 9.68. The molecule has 1 aromatic carbocycles. The van der Waals surface area contributed by atoms with E-state index in [2.05, 4.69) is 45.8 Å². The normalized spacial score (nSPS) is 8.50. The highest BCUT2D eigenvalue weighted by molar-refractivity contribution is 14.1. The van der Waals surface area contributed by atoms with Crippen LogP contribution in [0.25, 0.3) is 10.8 Å². The molecule has 0 atom stereocenters. The zero-order valence-electron chi connectivity index (χ0n) is 8.20. The zero-order valence-corrected chi connectivity index (χ0v) is 12.7. The molecule has 0 aliphatic rings. The first-order valence-corrected chi connectivity index (χ1v) is 6.21. The Bertz CT molecular complexity index is 388. The summed E-state index contributed by atoms with van der Waals surface area (Å²) in [5, 5.41) is 2.47. The molecule has 0 saturated carbocycles. The van der Waals surface area contributed by atoms with Gasteiger partial charge in [0.2, 0.25) is 0 Å². The Balaban J connectivity index is 0.000000531. The van der Waals surface area contributed by atoms with Gasteiger partial charge in [0.25, 0.3) is 0 Å². The lowest BCUT2D eigenvalue weighted by Gasteiger charge is -1.96. The predicted octanol–water partition coefficient (Wildman–Crippen LogP) is 4.21. The summed E-state index contributed by atoms with van der Waals surface area (Å²) < 4.78 is 0. The van der Waals surface area contributed by atoms with Crippen molar-refractivity contribution in [2.75, 3.05) is 4.93 Å². The molecule has 3 heteroatoms. The van der Waals surface area contributed by atoms with Crippen LogP contribution in [-0.2, 0) is 0 Å². The van der Waals surface area contributed by atoms with Gasteiger partial charge in [-0.25, -0.2) is 0 Å². The number of fused-ring (bicyclic) bond motifs is 1. The first-order chi connectivity index (χ1) is 6.36. The molecule has 0 amide bonds. The minimum absolute atomic E-state index is 0. The summed E-state index contributed by atoms with van der Waals surface area (Å²) in [6.07, 6.45) is 1.91. The Morgan fingerprint density at radius 1 is 1.07 bits per heavy atom. The fourth-order valence-electron chi connectivity index (χ4n) is 1.19. The minimum atomic E-state index is 0. The van der Waals surface area contributed by atoms with E-state index in [0.717, 1.165) is 5.69 Å². The summed E-state index contributed by atoms with van der Waals surface area (Å²) in [5.41, 5.74) is 1.07. The van der Waals surface area contributed by atoms with Crippen LogP contribution in [0.4, 0.5) is 0 Å². The molecular weight excluding hydrogens is 400 g/mol. The lowest BCUT2D eigenvalue weighted by molar-refractivity contribution is 1.22. The second-order valence-electron chi connectivity index (χ2n) is 2.67. The topological polar surface area (TPSA) is 12.9 Å². The standard InChI is InChI=1S/C10H9N.CH3I.HI/c1-8-6-9-4-2-3-5-10(9)7-11-8;1-2;/h2-7H,1H3;1H3;1H. The van der Waals surface area contributed by atoms with E-state index >= 15 is 0 Å². The van der Waals surface area contributed by atoms with Crippen LogP contribution in [0.2, 0.25) is 0 Å². The smallest absolute Gasteiger partial charge is 0.0379 e. The lowest BCUT2D eigenvalue weighted by Crippen LogP contribution is -1.79. The Labute approximate surface area is 115 Å². The summed E-state index contributed by atoms with van der Waals surface area (Å²) in [7, 11) is 0. The highest BCUT2D eigenvalue weighted by Crippen LogP contribution is 2.12. The Hall–Kier alpha value is 0.0900. The minimum Gasteiger partial charge on any atom is -0.261 e. The van der Waals surface area contributed by atoms with E-state index in [9.17, 15) is 0 Å². The fourth-order valence-corrected chi connectivity index (χ4v) is 1.19. The van der Waals surface area contributed by atoms with Crippen molar-refractivity contribution < 1.29 is 0 Å². The van der Waals surface area contributed by atoms with Gasteiger partial charge in [-0.05, 0) is 23.3 Å². The number of nitrogens with zero attached hydrogens (tertiary/aromatic N) is 1. The summed E-state index contributed by atoms with van der Waals surface area (Å²) in [5.74, 6) is 0. The molecule has 14 heavy (non-hydrogen) atoms. The molecule has 0 bridgehead atoms.